The van der Waals surface area contributed by atoms with Gasteiger partial charge < -0.3 is 5.73 Å². The Bertz CT molecular complexity index is 359. The van der Waals surface area contributed by atoms with E-state index in [1.165, 1.54) is 36.9 Å². The Balaban J connectivity index is 2.23. The number of rotatable bonds is 2. The zero-order valence-electron chi connectivity index (χ0n) is 10.7. The molecular weight excluding hydrogens is 198 g/mol. The summed E-state index contributed by atoms with van der Waals surface area (Å²) in [5.41, 5.74) is 8.60. The Hall–Kier alpha value is -0.990. The second-order valence-corrected chi connectivity index (χ2v) is 5.18. The van der Waals surface area contributed by atoms with Crippen LogP contribution in [0.1, 0.15) is 56.7 Å². The molecule has 16 heavy (non-hydrogen) atoms. The van der Waals surface area contributed by atoms with Crippen LogP contribution in [0.4, 0.5) is 5.82 Å². The standard InChI is InChI=1S/C13H23N3/c1-4-11-12(15-16(3)13(11)14)10-7-5-9(2)6-8-10/h9-10H,4-8,14H2,1-3H3. The number of nitrogens with zero attached hydrogens (tertiary/aromatic N) is 2. The number of nitrogens with two attached hydrogens (primary N) is 1. The van der Waals surface area contributed by atoms with Gasteiger partial charge in [-0.2, -0.15) is 5.10 Å². The van der Waals surface area contributed by atoms with Gasteiger partial charge in [0.05, 0.1) is 5.69 Å². The molecule has 0 amide bonds. The molecule has 0 aromatic carbocycles. The van der Waals surface area contributed by atoms with Crippen LogP contribution in [-0.2, 0) is 13.5 Å². The van der Waals surface area contributed by atoms with Crippen molar-refractivity contribution in [2.24, 2.45) is 13.0 Å². The molecule has 0 aliphatic heterocycles. The van der Waals surface area contributed by atoms with Gasteiger partial charge >= 0.3 is 0 Å². The predicted molar refractivity (Wildman–Crippen MR) is 67.4 cm³/mol. The molecular formula is C13H23N3. The summed E-state index contributed by atoms with van der Waals surface area (Å²) in [5.74, 6) is 2.40. The number of hydrogen-bond donors (Lipinski definition) is 1. The van der Waals surface area contributed by atoms with Crippen LogP contribution >= 0.6 is 0 Å². The van der Waals surface area contributed by atoms with Crippen molar-refractivity contribution in [3.05, 3.63) is 11.3 Å². The number of hydrogen-bond acceptors (Lipinski definition) is 2. The molecule has 0 spiro atoms. The maximum atomic E-state index is 6.05. The number of anilines is 1. The van der Waals surface area contributed by atoms with E-state index in [-0.39, 0.29) is 0 Å². The van der Waals surface area contributed by atoms with E-state index in [0.717, 1.165) is 18.2 Å². The van der Waals surface area contributed by atoms with Crippen molar-refractivity contribution in [1.29, 1.82) is 0 Å². The summed E-state index contributed by atoms with van der Waals surface area (Å²) in [6, 6.07) is 0. The third-order valence-electron chi connectivity index (χ3n) is 3.98. The van der Waals surface area contributed by atoms with Gasteiger partial charge in [-0.05, 0) is 25.2 Å². The fourth-order valence-corrected chi connectivity index (χ4v) is 2.83. The normalized spacial score (nSPS) is 25.9. The van der Waals surface area contributed by atoms with E-state index in [1.807, 2.05) is 11.7 Å². The minimum absolute atomic E-state index is 0.648. The van der Waals surface area contributed by atoms with Crippen LogP contribution in [0.15, 0.2) is 0 Å². The second kappa shape index (κ2) is 4.48. The second-order valence-electron chi connectivity index (χ2n) is 5.18. The zero-order chi connectivity index (χ0) is 11.7. The SMILES string of the molecule is CCc1c(C2CCC(C)CC2)nn(C)c1N. The van der Waals surface area contributed by atoms with Crippen molar-refractivity contribution in [3.8, 4) is 0 Å². The Morgan fingerprint density at radius 1 is 1.31 bits per heavy atom. The first-order valence-electron chi connectivity index (χ1n) is 6.44. The van der Waals surface area contributed by atoms with Gasteiger partial charge in [0.1, 0.15) is 5.82 Å². The molecule has 0 unspecified atom stereocenters. The molecule has 1 saturated carbocycles. The van der Waals surface area contributed by atoms with E-state index in [0.29, 0.717) is 5.92 Å². The maximum absolute atomic E-state index is 6.05. The van der Waals surface area contributed by atoms with E-state index >= 15 is 0 Å². The van der Waals surface area contributed by atoms with Gasteiger partial charge in [-0.1, -0.05) is 26.7 Å². The quantitative estimate of drug-likeness (QED) is 0.834. The first-order valence-corrected chi connectivity index (χ1v) is 6.44. The van der Waals surface area contributed by atoms with Crippen LogP contribution in [0.2, 0.25) is 0 Å². The molecule has 1 aromatic rings. The van der Waals surface area contributed by atoms with Gasteiger partial charge in [0.2, 0.25) is 0 Å². The molecule has 2 N–H and O–H groups in total. The van der Waals surface area contributed by atoms with E-state index in [2.05, 4.69) is 18.9 Å². The number of aryl methyl sites for hydroxylation is 1. The molecule has 0 radical (unpaired) electrons. The van der Waals surface area contributed by atoms with Crippen LogP contribution in [0, 0.1) is 5.92 Å². The lowest BCUT2D eigenvalue weighted by molar-refractivity contribution is 0.342. The Labute approximate surface area is 98.0 Å². The molecule has 1 fully saturated rings. The predicted octanol–water partition coefficient (Wildman–Crippen LogP) is 2.86. The molecule has 3 nitrogen and oxygen atoms in total. The maximum Gasteiger partial charge on any atom is 0.124 e. The minimum Gasteiger partial charge on any atom is -0.384 e. The summed E-state index contributed by atoms with van der Waals surface area (Å²) in [5, 5.41) is 4.62. The van der Waals surface area contributed by atoms with Gasteiger partial charge in [-0.3, -0.25) is 4.68 Å². The topological polar surface area (TPSA) is 43.8 Å². The highest BCUT2D eigenvalue weighted by Crippen LogP contribution is 2.37. The van der Waals surface area contributed by atoms with Gasteiger partial charge in [0, 0.05) is 18.5 Å². The fourth-order valence-electron chi connectivity index (χ4n) is 2.83. The lowest BCUT2D eigenvalue weighted by Gasteiger charge is -2.25. The molecule has 1 aliphatic rings. The lowest BCUT2D eigenvalue weighted by atomic mass is 9.80. The Morgan fingerprint density at radius 3 is 2.50 bits per heavy atom. The zero-order valence-corrected chi connectivity index (χ0v) is 10.7. The Kier molecular flexibility index (Phi) is 3.22. The average molecular weight is 221 g/mol. The van der Waals surface area contributed by atoms with Crippen molar-refractivity contribution in [3.63, 3.8) is 0 Å². The van der Waals surface area contributed by atoms with Crippen LogP contribution in [0.5, 0.6) is 0 Å². The molecule has 0 bridgehead atoms. The van der Waals surface area contributed by atoms with Crippen molar-refractivity contribution < 1.29 is 0 Å². The Morgan fingerprint density at radius 2 is 1.94 bits per heavy atom. The van der Waals surface area contributed by atoms with E-state index < -0.39 is 0 Å². The summed E-state index contributed by atoms with van der Waals surface area (Å²) in [6.45, 7) is 4.52. The van der Waals surface area contributed by atoms with Gasteiger partial charge in [0.25, 0.3) is 0 Å². The molecule has 1 aliphatic carbocycles. The average Bonchev–Trinajstić information content (AvgIpc) is 2.56. The summed E-state index contributed by atoms with van der Waals surface area (Å²) in [7, 11) is 1.95. The van der Waals surface area contributed by atoms with Gasteiger partial charge in [-0.15, -0.1) is 0 Å². The van der Waals surface area contributed by atoms with Crippen molar-refractivity contribution in [1.82, 2.24) is 9.78 Å². The van der Waals surface area contributed by atoms with Crippen LogP contribution in [-0.4, -0.2) is 9.78 Å². The lowest BCUT2D eigenvalue weighted by Crippen LogP contribution is -2.12. The third-order valence-corrected chi connectivity index (χ3v) is 3.98. The van der Waals surface area contributed by atoms with E-state index in [4.69, 9.17) is 5.73 Å². The summed E-state index contributed by atoms with van der Waals surface area (Å²) in [6.07, 6.45) is 6.24. The molecule has 2 rings (SSSR count). The van der Waals surface area contributed by atoms with Gasteiger partial charge in [-0.25, -0.2) is 0 Å². The summed E-state index contributed by atoms with van der Waals surface area (Å²) in [4.78, 5) is 0. The van der Waals surface area contributed by atoms with Crippen molar-refractivity contribution in [2.75, 3.05) is 5.73 Å². The molecule has 1 aromatic heterocycles. The van der Waals surface area contributed by atoms with Crippen LogP contribution < -0.4 is 5.73 Å². The highest BCUT2D eigenvalue weighted by molar-refractivity contribution is 5.44. The van der Waals surface area contributed by atoms with Crippen LogP contribution in [0.25, 0.3) is 0 Å². The largest absolute Gasteiger partial charge is 0.384 e. The smallest absolute Gasteiger partial charge is 0.124 e. The first kappa shape index (κ1) is 11.5. The third kappa shape index (κ3) is 1.95. The molecule has 90 valence electrons. The fraction of sp³-hybridized carbons (Fsp3) is 0.769. The molecule has 0 saturated heterocycles. The van der Waals surface area contributed by atoms with Crippen LogP contribution in [0.3, 0.4) is 0 Å². The number of aromatic nitrogens is 2. The van der Waals surface area contributed by atoms with Gasteiger partial charge in [0.15, 0.2) is 0 Å². The van der Waals surface area contributed by atoms with Crippen molar-refractivity contribution >= 4 is 5.82 Å². The van der Waals surface area contributed by atoms with E-state index in [1.54, 1.807) is 0 Å². The minimum atomic E-state index is 0.648. The number of nitrogen functional groups attached to an aromatic ring is 1. The highest BCUT2D eigenvalue weighted by atomic mass is 15.3. The van der Waals surface area contributed by atoms with E-state index in [9.17, 15) is 0 Å². The molecule has 0 atom stereocenters. The summed E-state index contributed by atoms with van der Waals surface area (Å²) >= 11 is 0. The summed E-state index contributed by atoms with van der Waals surface area (Å²) < 4.78 is 1.84. The highest BCUT2D eigenvalue weighted by Gasteiger charge is 2.25. The molecule has 1 heterocycles. The van der Waals surface area contributed by atoms with Crippen molar-refractivity contribution in [2.45, 2.75) is 51.9 Å². The monoisotopic (exact) mass is 221 g/mol. The first-order chi connectivity index (χ1) is 7.63. The molecule has 3 heteroatoms.